The molecule has 1 aliphatic carbocycles. The maximum atomic E-state index is 12.5. The van der Waals surface area contributed by atoms with Crippen LogP contribution >= 0.6 is 0 Å². The Hall–Kier alpha value is -2.41. The third kappa shape index (κ3) is 4.90. The third-order valence-corrected chi connectivity index (χ3v) is 5.40. The van der Waals surface area contributed by atoms with E-state index < -0.39 is 0 Å². The Balaban J connectivity index is 1.15. The van der Waals surface area contributed by atoms with Gasteiger partial charge in [-0.15, -0.1) is 0 Å². The number of nitrogens with zero attached hydrogens (tertiary/aromatic N) is 3. The number of carbonyl (C=O) groups excluding carboxylic acids is 1. The van der Waals surface area contributed by atoms with Gasteiger partial charge in [0.05, 0.1) is 26.2 Å². The van der Waals surface area contributed by atoms with E-state index in [1.54, 1.807) is 7.11 Å². The fourth-order valence-electron chi connectivity index (χ4n) is 3.48. The van der Waals surface area contributed by atoms with Crippen LogP contribution in [-0.2, 0) is 22.4 Å². The fraction of sp³-hybridized carbons (Fsp3) is 0.571. The summed E-state index contributed by atoms with van der Waals surface area (Å²) >= 11 is 0. The molecule has 0 radical (unpaired) electrons. The average molecular weight is 385 g/mol. The monoisotopic (exact) mass is 385 g/mol. The van der Waals surface area contributed by atoms with Crippen molar-refractivity contribution in [2.45, 2.75) is 50.5 Å². The molecule has 0 unspecified atom stereocenters. The minimum atomic E-state index is 0.169. The van der Waals surface area contributed by atoms with Gasteiger partial charge in [-0.3, -0.25) is 4.79 Å². The summed E-state index contributed by atoms with van der Waals surface area (Å²) in [5, 5.41) is 4.02. The molecule has 0 bridgehead atoms. The van der Waals surface area contributed by atoms with Gasteiger partial charge in [-0.1, -0.05) is 17.3 Å². The molecule has 0 N–H and O–H groups in total. The van der Waals surface area contributed by atoms with E-state index in [1.165, 1.54) is 0 Å². The van der Waals surface area contributed by atoms with Crippen molar-refractivity contribution in [3.63, 3.8) is 0 Å². The van der Waals surface area contributed by atoms with Crippen molar-refractivity contribution >= 4 is 5.91 Å². The van der Waals surface area contributed by atoms with E-state index in [0.717, 1.165) is 61.8 Å². The zero-order chi connectivity index (χ0) is 19.3. The maximum Gasteiger partial charge on any atom is 0.229 e. The number of hydrogen-bond donors (Lipinski definition) is 0. The van der Waals surface area contributed by atoms with E-state index in [-0.39, 0.29) is 12.0 Å². The summed E-state index contributed by atoms with van der Waals surface area (Å²) in [7, 11) is 1.64. The highest BCUT2D eigenvalue weighted by Crippen LogP contribution is 2.38. The third-order valence-electron chi connectivity index (χ3n) is 5.40. The van der Waals surface area contributed by atoms with Gasteiger partial charge in [0.2, 0.25) is 11.8 Å². The second kappa shape index (κ2) is 8.73. The molecule has 0 spiro atoms. The minimum absolute atomic E-state index is 0.169. The van der Waals surface area contributed by atoms with Crippen LogP contribution in [0.2, 0.25) is 0 Å². The quantitative estimate of drug-likeness (QED) is 0.695. The Bertz CT molecular complexity index is 777. The molecule has 0 atom stereocenters. The molecule has 1 aliphatic heterocycles. The van der Waals surface area contributed by atoms with Gasteiger partial charge in [0.25, 0.3) is 0 Å². The highest BCUT2D eigenvalue weighted by Gasteiger charge is 2.29. The van der Waals surface area contributed by atoms with Crippen LogP contribution in [0.15, 0.2) is 28.8 Å². The van der Waals surface area contributed by atoms with Crippen LogP contribution in [0, 0.1) is 0 Å². The van der Waals surface area contributed by atoms with E-state index in [9.17, 15) is 4.79 Å². The van der Waals surface area contributed by atoms with Crippen LogP contribution in [0.1, 0.15) is 48.9 Å². The van der Waals surface area contributed by atoms with Crippen LogP contribution in [0.5, 0.6) is 5.75 Å². The number of carbonyl (C=O) groups is 1. The normalized spacial score (nSPS) is 17.7. The van der Waals surface area contributed by atoms with E-state index >= 15 is 0 Å². The lowest BCUT2D eigenvalue weighted by molar-refractivity contribution is -0.133. The Morgan fingerprint density at radius 2 is 1.93 bits per heavy atom. The summed E-state index contributed by atoms with van der Waals surface area (Å²) in [5.74, 6) is 2.97. The second-order valence-electron chi connectivity index (χ2n) is 7.55. The average Bonchev–Trinajstić information content (AvgIpc) is 3.48. The number of piperidine rings is 1. The number of hydrogen-bond acceptors (Lipinski definition) is 6. The molecule has 2 heterocycles. The number of ether oxygens (including phenoxy) is 2. The first kappa shape index (κ1) is 18.9. The van der Waals surface area contributed by atoms with E-state index in [0.29, 0.717) is 25.4 Å². The highest BCUT2D eigenvalue weighted by molar-refractivity contribution is 5.78. The van der Waals surface area contributed by atoms with Gasteiger partial charge in [-0.25, -0.2) is 0 Å². The van der Waals surface area contributed by atoms with Gasteiger partial charge in [0.1, 0.15) is 5.75 Å². The topological polar surface area (TPSA) is 77.7 Å². The first-order valence-corrected chi connectivity index (χ1v) is 10.1. The van der Waals surface area contributed by atoms with Gasteiger partial charge in [-0.05, 0) is 43.4 Å². The van der Waals surface area contributed by atoms with Crippen LogP contribution in [0.4, 0.5) is 0 Å². The maximum absolute atomic E-state index is 12.5. The number of likely N-dealkylation sites (tertiary alicyclic amines) is 1. The minimum Gasteiger partial charge on any atom is -0.497 e. The molecule has 1 aromatic carbocycles. The Morgan fingerprint density at radius 1 is 1.18 bits per heavy atom. The van der Waals surface area contributed by atoms with E-state index in [2.05, 4.69) is 10.1 Å². The van der Waals surface area contributed by atoms with Gasteiger partial charge in [0, 0.05) is 25.4 Å². The summed E-state index contributed by atoms with van der Waals surface area (Å²) < 4.78 is 16.4. The van der Waals surface area contributed by atoms with Gasteiger partial charge in [-0.2, -0.15) is 4.98 Å². The molecule has 28 heavy (non-hydrogen) atoms. The Labute approximate surface area is 165 Å². The van der Waals surface area contributed by atoms with Gasteiger partial charge >= 0.3 is 0 Å². The lowest BCUT2D eigenvalue weighted by Gasteiger charge is -2.32. The molecule has 7 heteroatoms. The number of rotatable bonds is 8. The van der Waals surface area contributed by atoms with Crippen LogP contribution in [0.3, 0.4) is 0 Å². The number of methoxy groups -OCH3 is 1. The zero-order valence-corrected chi connectivity index (χ0v) is 16.3. The number of aromatic nitrogens is 2. The highest BCUT2D eigenvalue weighted by atomic mass is 16.5. The number of amides is 1. The van der Waals surface area contributed by atoms with Crippen molar-refractivity contribution in [1.29, 1.82) is 0 Å². The Kier molecular flexibility index (Phi) is 5.90. The molecular weight excluding hydrogens is 358 g/mol. The summed E-state index contributed by atoms with van der Waals surface area (Å²) in [6.45, 7) is 2.08. The Morgan fingerprint density at radius 3 is 2.61 bits per heavy atom. The largest absolute Gasteiger partial charge is 0.497 e. The van der Waals surface area contributed by atoms with Crippen molar-refractivity contribution < 1.29 is 18.8 Å². The van der Waals surface area contributed by atoms with Crippen molar-refractivity contribution in [3.05, 3.63) is 41.5 Å². The first-order chi connectivity index (χ1) is 13.7. The molecule has 2 aliphatic rings. The van der Waals surface area contributed by atoms with Crippen LogP contribution in [-0.4, -0.2) is 53.9 Å². The summed E-state index contributed by atoms with van der Waals surface area (Å²) in [4.78, 5) is 18.9. The fourth-order valence-corrected chi connectivity index (χ4v) is 3.48. The van der Waals surface area contributed by atoms with E-state index in [1.807, 2.05) is 29.2 Å². The van der Waals surface area contributed by atoms with Crippen molar-refractivity contribution in [1.82, 2.24) is 15.0 Å². The van der Waals surface area contributed by atoms with Gasteiger partial charge in [0.15, 0.2) is 5.82 Å². The molecule has 1 amide bonds. The molecule has 1 aromatic heterocycles. The predicted octanol–water partition coefficient (Wildman–Crippen LogP) is 2.75. The summed E-state index contributed by atoms with van der Waals surface area (Å²) in [6.07, 6.45) is 5.35. The van der Waals surface area contributed by atoms with Gasteiger partial charge < -0.3 is 18.9 Å². The second-order valence-corrected chi connectivity index (χ2v) is 7.55. The molecule has 1 saturated carbocycles. The molecule has 7 nitrogen and oxygen atoms in total. The SMILES string of the molecule is COc1ccc(CC(=O)N2CCC(OCCc3noc(C4CC4)n3)CC2)cc1. The lowest BCUT2D eigenvalue weighted by Crippen LogP contribution is -2.41. The molecule has 4 rings (SSSR count). The van der Waals surface area contributed by atoms with Crippen molar-refractivity contribution in [2.24, 2.45) is 0 Å². The van der Waals surface area contributed by atoms with Crippen molar-refractivity contribution in [2.75, 3.05) is 26.8 Å². The zero-order valence-electron chi connectivity index (χ0n) is 16.3. The van der Waals surface area contributed by atoms with E-state index in [4.69, 9.17) is 14.0 Å². The summed E-state index contributed by atoms with van der Waals surface area (Å²) in [5.41, 5.74) is 1.01. The number of benzene rings is 1. The van der Waals surface area contributed by atoms with Crippen molar-refractivity contribution in [3.8, 4) is 5.75 Å². The molecule has 2 fully saturated rings. The smallest absolute Gasteiger partial charge is 0.229 e. The molecule has 1 saturated heterocycles. The molecule has 150 valence electrons. The standard InChI is InChI=1S/C21H27N3O4/c1-26-17-6-2-15(3-7-17)14-20(25)24-11-8-18(9-12-24)27-13-10-19-22-21(28-23-19)16-4-5-16/h2-3,6-7,16,18H,4-5,8-14H2,1H3. The van der Waals surface area contributed by atoms with Crippen LogP contribution < -0.4 is 4.74 Å². The predicted molar refractivity (Wildman–Crippen MR) is 102 cm³/mol. The summed E-state index contributed by atoms with van der Waals surface area (Å²) in [6, 6.07) is 7.67. The first-order valence-electron chi connectivity index (χ1n) is 10.1. The molecule has 2 aromatic rings. The molecular formula is C21H27N3O4. The van der Waals surface area contributed by atoms with Crippen LogP contribution in [0.25, 0.3) is 0 Å². The lowest BCUT2D eigenvalue weighted by atomic mass is 10.1.